The summed E-state index contributed by atoms with van der Waals surface area (Å²) in [6.45, 7) is 1.03. The first-order valence-corrected chi connectivity index (χ1v) is 5.44. The van der Waals surface area contributed by atoms with Crippen LogP contribution in [0.4, 0.5) is 0 Å². The summed E-state index contributed by atoms with van der Waals surface area (Å²) in [5.74, 6) is 0. The average molecular weight is 255 g/mol. The second-order valence-electron chi connectivity index (χ2n) is 3.39. The Balaban J connectivity index is 2.42. The van der Waals surface area contributed by atoms with Gasteiger partial charge in [-0.05, 0) is 40.9 Å². The summed E-state index contributed by atoms with van der Waals surface area (Å²) in [4.78, 5) is 14.8. The van der Waals surface area contributed by atoms with Crippen LogP contribution in [0.2, 0.25) is 0 Å². The number of rotatable bonds is 2. The molecule has 0 amide bonds. The number of pyridine rings is 1. The van der Waals surface area contributed by atoms with Crippen LogP contribution in [-0.2, 0) is 0 Å². The van der Waals surface area contributed by atoms with Gasteiger partial charge in [0.25, 0.3) is 0 Å². The fourth-order valence-electron chi connectivity index (χ4n) is 1.85. The quantitative estimate of drug-likeness (QED) is 0.822. The molecule has 74 valence electrons. The molecule has 0 saturated carbocycles. The van der Waals surface area contributed by atoms with E-state index in [0.29, 0.717) is 11.6 Å². The maximum absolute atomic E-state index is 10.8. The van der Waals surface area contributed by atoms with Crippen molar-refractivity contribution in [1.29, 1.82) is 0 Å². The third-order valence-corrected chi connectivity index (χ3v) is 3.14. The first kappa shape index (κ1) is 9.80. The van der Waals surface area contributed by atoms with Crippen molar-refractivity contribution in [3.8, 4) is 0 Å². The van der Waals surface area contributed by atoms with Crippen molar-refractivity contribution in [3.05, 3.63) is 28.0 Å². The smallest absolute Gasteiger partial charge is 0.151 e. The van der Waals surface area contributed by atoms with Crippen LogP contribution in [0.15, 0.2) is 16.9 Å². The number of hydrogen-bond donors (Lipinski definition) is 1. The normalized spacial score (nSPS) is 21.1. The zero-order valence-electron chi connectivity index (χ0n) is 7.66. The summed E-state index contributed by atoms with van der Waals surface area (Å²) < 4.78 is 0.918. The standard InChI is InChI=1S/C10H11BrN2O/c11-8-5-12-4-7(6-14)10(8)9-2-1-3-13-9/h4-6,9,13H,1-3H2. The van der Waals surface area contributed by atoms with Crippen molar-refractivity contribution in [2.45, 2.75) is 18.9 Å². The van der Waals surface area contributed by atoms with Gasteiger partial charge in [-0.15, -0.1) is 0 Å². The minimum absolute atomic E-state index is 0.299. The minimum atomic E-state index is 0.299. The molecule has 1 unspecified atom stereocenters. The maximum atomic E-state index is 10.8. The van der Waals surface area contributed by atoms with Crippen LogP contribution >= 0.6 is 15.9 Å². The highest BCUT2D eigenvalue weighted by Gasteiger charge is 2.21. The van der Waals surface area contributed by atoms with E-state index < -0.39 is 0 Å². The monoisotopic (exact) mass is 254 g/mol. The molecule has 0 radical (unpaired) electrons. The van der Waals surface area contributed by atoms with E-state index in [4.69, 9.17) is 0 Å². The first-order valence-electron chi connectivity index (χ1n) is 4.65. The highest BCUT2D eigenvalue weighted by atomic mass is 79.9. The molecule has 2 rings (SSSR count). The molecule has 0 aliphatic carbocycles. The van der Waals surface area contributed by atoms with E-state index in [1.165, 1.54) is 0 Å². The summed E-state index contributed by atoms with van der Waals surface area (Å²) in [7, 11) is 0. The highest BCUT2D eigenvalue weighted by molar-refractivity contribution is 9.10. The van der Waals surface area contributed by atoms with Gasteiger partial charge in [-0.3, -0.25) is 9.78 Å². The first-order chi connectivity index (χ1) is 6.83. The van der Waals surface area contributed by atoms with Crippen molar-refractivity contribution in [1.82, 2.24) is 10.3 Å². The van der Waals surface area contributed by atoms with Crippen LogP contribution in [-0.4, -0.2) is 17.8 Å². The van der Waals surface area contributed by atoms with E-state index in [-0.39, 0.29) is 0 Å². The van der Waals surface area contributed by atoms with Gasteiger partial charge in [-0.2, -0.15) is 0 Å². The summed E-state index contributed by atoms with van der Waals surface area (Å²) in [6, 6.07) is 0.299. The Labute approximate surface area is 91.0 Å². The lowest BCUT2D eigenvalue weighted by Gasteiger charge is -2.14. The summed E-state index contributed by atoms with van der Waals surface area (Å²) in [5, 5.41) is 3.37. The number of aromatic nitrogens is 1. The predicted octanol–water partition coefficient (Wildman–Crippen LogP) is 2.08. The van der Waals surface area contributed by atoms with Gasteiger partial charge >= 0.3 is 0 Å². The van der Waals surface area contributed by atoms with Crippen LogP contribution in [0.1, 0.15) is 34.8 Å². The van der Waals surface area contributed by atoms with E-state index in [0.717, 1.165) is 35.7 Å². The summed E-state index contributed by atoms with van der Waals surface area (Å²) in [5.41, 5.74) is 1.73. The second kappa shape index (κ2) is 4.19. The molecular formula is C10H11BrN2O. The molecule has 1 atom stereocenters. The Kier molecular flexibility index (Phi) is 2.93. The fraction of sp³-hybridized carbons (Fsp3) is 0.400. The Morgan fingerprint density at radius 3 is 3.07 bits per heavy atom. The van der Waals surface area contributed by atoms with Crippen molar-refractivity contribution in [3.63, 3.8) is 0 Å². The molecule has 1 aliphatic heterocycles. The van der Waals surface area contributed by atoms with Gasteiger partial charge in [0.1, 0.15) is 0 Å². The van der Waals surface area contributed by atoms with Crippen molar-refractivity contribution < 1.29 is 4.79 Å². The van der Waals surface area contributed by atoms with Crippen molar-refractivity contribution >= 4 is 22.2 Å². The lowest BCUT2D eigenvalue weighted by molar-refractivity contribution is 0.112. The van der Waals surface area contributed by atoms with Gasteiger partial charge in [-0.1, -0.05) is 0 Å². The van der Waals surface area contributed by atoms with Crippen LogP contribution in [0.3, 0.4) is 0 Å². The van der Waals surface area contributed by atoms with E-state index >= 15 is 0 Å². The van der Waals surface area contributed by atoms with Gasteiger partial charge in [0.15, 0.2) is 6.29 Å². The van der Waals surface area contributed by atoms with E-state index in [2.05, 4.69) is 26.2 Å². The van der Waals surface area contributed by atoms with Crippen molar-refractivity contribution in [2.75, 3.05) is 6.54 Å². The molecule has 0 spiro atoms. The zero-order chi connectivity index (χ0) is 9.97. The van der Waals surface area contributed by atoms with E-state index in [9.17, 15) is 4.79 Å². The van der Waals surface area contributed by atoms with Gasteiger partial charge < -0.3 is 5.32 Å². The zero-order valence-corrected chi connectivity index (χ0v) is 9.25. The number of aldehydes is 1. The highest BCUT2D eigenvalue weighted by Crippen LogP contribution is 2.30. The van der Waals surface area contributed by atoms with Crippen molar-refractivity contribution in [2.24, 2.45) is 0 Å². The molecule has 1 saturated heterocycles. The molecule has 2 heterocycles. The Bertz CT molecular complexity index is 348. The number of carbonyl (C=O) groups is 1. The van der Waals surface area contributed by atoms with Gasteiger partial charge in [-0.25, -0.2) is 0 Å². The summed E-state index contributed by atoms with van der Waals surface area (Å²) >= 11 is 3.44. The molecule has 3 nitrogen and oxygen atoms in total. The SMILES string of the molecule is O=Cc1cncc(Br)c1C1CCCN1. The minimum Gasteiger partial charge on any atom is -0.310 e. The lowest BCUT2D eigenvalue weighted by atomic mass is 10.0. The Hall–Kier alpha value is -0.740. The van der Waals surface area contributed by atoms with Crippen LogP contribution in [0.5, 0.6) is 0 Å². The van der Waals surface area contributed by atoms with E-state index in [1.807, 2.05) is 0 Å². The largest absolute Gasteiger partial charge is 0.310 e. The second-order valence-corrected chi connectivity index (χ2v) is 4.25. The van der Waals surface area contributed by atoms with E-state index in [1.54, 1.807) is 12.4 Å². The number of nitrogens with zero attached hydrogens (tertiary/aromatic N) is 1. The number of halogens is 1. The van der Waals surface area contributed by atoms with Crippen LogP contribution in [0.25, 0.3) is 0 Å². The molecule has 14 heavy (non-hydrogen) atoms. The average Bonchev–Trinajstić information content (AvgIpc) is 2.70. The van der Waals surface area contributed by atoms with Gasteiger partial charge in [0.05, 0.1) is 0 Å². The summed E-state index contributed by atoms with van der Waals surface area (Å²) in [6.07, 6.45) is 6.48. The molecular weight excluding hydrogens is 244 g/mol. The number of carbonyl (C=O) groups excluding carboxylic acids is 1. The number of hydrogen-bond acceptors (Lipinski definition) is 3. The number of nitrogens with one attached hydrogen (secondary N) is 1. The molecule has 0 aromatic carbocycles. The maximum Gasteiger partial charge on any atom is 0.151 e. The fourth-order valence-corrected chi connectivity index (χ4v) is 2.48. The Morgan fingerprint density at radius 2 is 2.43 bits per heavy atom. The van der Waals surface area contributed by atoms with Crippen LogP contribution in [0, 0.1) is 0 Å². The van der Waals surface area contributed by atoms with Gasteiger partial charge in [0.2, 0.25) is 0 Å². The molecule has 1 N–H and O–H groups in total. The topological polar surface area (TPSA) is 42.0 Å². The molecule has 1 aromatic heterocycles. The Morgan fingerprint density at radius 1 is 1.57 bits per heavy atom. The van der Waals surface area contributed by atoms with Crippen LogP contribution < -0.4 is 5.32 Å². The molecule has 4 heteroatoms. The van der Waals surface area contributed by atoms with Gasteiger partial charge in [0, 0.05) is 28.5 Å². The lowest BCUT2D eigenvalue weighted by Crippen LogP contribution is -2.15. The molecule has 0 bridgehead atoms. The third kappa shape index (κ3) is 1.72. The molecule has 1 aliphatic rings. The predicted molar refractivity (Wildman–Crippen MR) is 57.3 cm³/mol. The molecule has 1 fully saturated rings. The third-order valence-electron chi connectivity index (χ3n) is 2.51. The molecule has 1 aromatic rings.